The Morgan fingerprint density at radius 1 is 0.923 bits per heavy atom. The number of hydrogen-bond donors (Lipinski definition) is 0. The fourth-order valence-corrected chi connectivity index (χ4v) is 2.85. The third-order valence-electron chi connectivity index (χ3n) is 3.73. The lowest BCUT2D eigenvalue weighted by Gasteiger charge is -2.09. The number of nitrogens with zero attached hydrogens (tertiary/aromatic N) is 3. The second-order valence-corrected chi connectivity index (χ2v) is 6.44. The van der Waals surface area contributed by atoms with E-state index >= 15 is 0 Å². The fourth-order valence-electron chi connectivity index (χ4n) is 2.45. The zero-order valence-electron chi connectivity index (χ0n) is 14.4. The molecule has 0 atom stereocenters. The second-order valence-electron chi connectivity index (χ2n) is 5.52. The molecule has 26 heavy (non-hydrogen) atoms. The molecule has 0 saturated carbocycles. The van der Waals surface area contributed by atoms with E-state index in [2.05, 4.69) is 27.5 Å². The molecule has 0 saturated heterocycles. The van der Waals surface area contributed by atoms with Crippen LogP contribution in [0.1, 0.15) is 12.7 Å². The minimum Gasteiger partial charge on any atom is -0.208 e. The molecule has 3 nitrogen and oxygen atoms in total. The Bertz CT molecular complexity index is 976. The van der Waals surface area contributed by atoms with Crippen LogP contribution in [0.3, 0.4) is 0 Å². The highest BCUT2D eigenvalue weighted by atomic mass is 79.9. The summed E-state index contributed by atoms with van der Waals surface area (Å²) in [6.07, 6.45) is 7.54. The van der Waals surface area contributed by atoms with E-state index in [1.165, 1.54) is 0 Å². The summed E-state index contributed by atoms with van der Waals surface area (Å²) in [4.78, 5) is 14.1. The van der Waals surface area contributed by atoms with Crippen LogP contribution in [0.15, 0.2) is 90.0 Å². The Morgan fingerprint density at radius 3 is 2.27 bits per heavy atom. The molecule has 0 fully saturated rings. The average molecular weight is 404 g/mol. The number of halogens is 1. The van der Waals surface area contributed by atoms with Crippen LogP contribution in [0.2, 0.25) is 0 Å². The van der Waals surface area contributed by atoms with Gasteiger partial charge in [-0.1, -0.05) is 89.3 Å². The highest BCUT2D eigenvalue weighted by Gasteiger charge is 2.12. The number of allylic oxidation sites excluding steroid dienone is 5. The van der Waals surface area contributed by atoms with Gasteiger partial charge in [0.05, 0.1) is 0 Å². The molecule has 0 aliphatic rings. The summed E-state index contributed by atoms with van der Waals surface area (Å²) < 4.78 is 0.982. The molecule has 3 rings (SSSR count). The van der Waals surface area contributed by atoms with Crippen molar-refractivity contribution in [1.82, 2.24) is 15.0 Å². The Hall–Kier alpha value is -2.85. The minimum atomic E-state index is 0.634. The van der Waals surface area contributed by atoms with Gasteiger partial charge in [-0.15, -0.1) is 0 Å². The summed E-state index contributed by atoms with van der Waals surface area (Å²) in [6, 6.07) is 17.9. The topological polar surface area (TPSA) is 38.7 Å². The lowest BCUT2D eigenvalue weighted by Crippen LogP contribution is -2.02. The number of hydrogen-bond acceptors (Lipinski definition) is 3. The van der Waals surface area contributed by atoms with Gasteiger partial charge in [0.25, 0.3) is 0 Å². The first kappa shape index (κ1) is 18.0. The van der Waals surface area contributed by atoms with Crippen molar-refractivity contribution in [3.8, 4) is 22.8 Å². The molecule has 1 aromatic heterocycles. The zero-order valence-corrected chi connectivity index (χ0v) is 16.0. The third kappa shape index (κ3) is 4.21. The van der Waals surface area contributed by atoms with E-state index in [-0.39, 0.29) is 0 Å². The fraction of sp³-hybridized carbons (Fsp3) is 0.0455. The Kier molecular flexibility index (Phi) is 5.87. The van der Waals surface area contributed by atoms with Crippen molar-refractivity contribution in [1.29, 1.82) is 0 Å². The van der Waals surface area contributed by atoms with Gasteiger partial charge < -0.3 is 0 Å². The van der Waals surface area contributed by atoms with Crippen LogP contribution in [-0.2, 0) is 0 Å². The molecule has 0 unspecified atom stereocenters. The zero-order chi connectivity index (χ0) is 18.4. The maximum atomic E-state index is 4.70. The van der Waals surface area contributed by atoms with Crippen LogP contribution >= 0.6 is 15.9 Å². The van der Waals surface area contributed by atoms with Gasteiger partial charge in [-0.2, -0.15) is 0 Å². The maximum Gasteiger partial charge on any atom is 0.164 e. The molecule has 0 bridgehead atoms. The Morgan fingerprint density at radius 2 is 1.62 bits per heavy atom. The van der Waals surface area contributed by atoms with Crippen molar-refractivity contribution in [2.24, 2.45) is 0 Å². The molecule has 128 valence electrons. The van der Waals surface area contributed by atoms with E-state index in [9.17, 15) is 0 Å². The lowest BCUT2D eigenvalue weighted by molar-refractivity contribution is 1.04. The highest BCUT2D eigenvalue weighted by molar-refractivity contribution is 9.10. The van der Waals surface area contributed by atoms with Crippen LogP contribution in [0.25, 0.3) is 28.3 Å². The van der Waals surface area contributed by atoms with Crippen LogP contribution < -0.4 is 0 Å². The molecule has 1 heterocycles. The summed E-state index contributed by atoms with van der Waals surface area (Å²) in [7, 11) is 0. The smallest absolute Gasteiger partial charge is 0.164 e. The predicted octanol–water partition coefficient (Wildman–Crippen LogP) is 6.11. The van der Waals surface area contributed by atoms with E-state index < -0.39 is 0 Å². The van der Waals surface area contributed by atoms with E-state index in [4.69, 9.17) is 9.97 Å². The Balaban J connectivity index is 2.20. The van der Waals surface area contributed by atoms with Gasteiger partial charge in [-0.3, -0.25) is 0 Å². The SMILES string of the molecule is C=C/C=C\C(=C/C)c1nc(-c2ccccc2)nc(-c2cccc(Br)c2)n1. The summed E-state index contributed by atoms with van der Waals surface area (Å²) in [5.74, 6) is 1.92. The van der Waals surface area contributed by atoms with Crippen LogP contribution in [0, 0.1) is 0 Å². The molecule has 0 spiro atoms. The molecule has 2 aromatic carbocycles. The lowest BCUT2D eigenvalue weighted by atomic mass is 10.1. The van der Waals surface area contributed by atoms with Gasteiger partial charge in [0.15, 0.2) is 17.5 Å². The van der Waals surface area contributed by atoms with Crippen molar-refractivity contribution in [3.05, 3.63) is 95.8 Å². The van der Waals surface area contributed by atoms with E-state index in [1.807, 2.05) is 79.7 Å². The highest BCUT2D eigenvalue weighted by Crippen LogP contribution is 2.25. The molecule has 0 amide bonds. The van der Waals surface area contributed by atoms with E-state index in [0.717, 1.165) is 21.2 Å². The summed E-state index contributed by atoms with van der Waals surface area (Å²) in [5, 5.41) is 0. The minimum absolute atomic E-state index is 0.634. The molecule has 0 radical (unpaired) electrons. The van der Waals surface area contributed by atoms with Gasteiger partial charge >= 0.3 is 0 Å². The first-order chi connectivity index (χ1) is 12.7. The van der Waals surface area contributed by atoms with Gasteiger partial charge in [-0.25, -0.2) is 15.0 Å². The molecular formula is C22H18BrN3. The van der Waals surface area contributed by atoms with E-state index in [0.29, 0.717) is 17.5 Å². The molecular weight excluding hydrogens is 386 g/mol. The largest absolute Gasteiger partial charge is 0.208 e. The standard InChI is InChI=1S/C22H18BrN3/c1-3-5-10-16(4-2)20-24-21(17-11-7-6-8-12-17)26-22(25-20)18-13-9-14-19(23)15-18/h3-15H,1H2,2H3/b10-5-,16-4+. The van der Waals surface area contributed by atoms with Gasteiger partial charge in [-0.05, 0) is 19.1 Å². The van der Waals surface area contributed by atoms with Gasteiger partial charge in [0.2, 0.25) is 0 Å². The molecule has 0 aliphatic carbocycles. The molecule has 0 N–H and O–H groups in total. The number of rotatable bonds is 5. The molecule has 3 aromatic rings. The number of aromatic nitrogens is 3. The monoisotopic (exact) mass is 403 g/mol. The van der Waals surface area contributed by atoms with Crippen molar-refractivity contribution in [3.63, 3.8) is 0 Å². The summed E-state index contributed by atoms with van der Waals surface area (Å²) in [5.41, 5.74) is 2.81. The Labute approximate surface area is 162 Å². The van der Waals surface area contributed by atoms with Crippen molar-refractivity contribution in [2.75, 3.05) is 0 Å². The quantitative estimate of drug-likeness (QED) is 0.482. The first-order valence-corrected chi connectivity index (χ1v) is 9.04. The first-order valence-electron chi connectivity index (χ1n) is 8.24. The van der Waals surface area contributed by atoms with Gasteiger partial charge in [0.1, 0.15) is 0 Å². The third-order valence-corrected chi connectivity index (χ3v) is 4.22. The summed E-state index contributed by atoms with van der Waals surface area (Å²) >= 11 is 3.51. The second kappa shape index (κ2) is 8.50. The van der Waals surface area contributed by atoms with Crippen LogP contribution in [0.4, 0.5) is 0 Å². The maximum absolute atomic E-state index is 4.70. The molecule has 0 aliphatic heterocycles. The average Bonchev–Trinajstić information content (AvgIpc) is 2.69. The van der Waals surface area contributed by atoms with Crippen molar-refractivity contribution >= 4 is 21.5 Å². The summed E-state index contributed by atoms with van der Waals surface area (Å²) in [6.45, 7) is 5.69. The predicted molar refractivity (Wildman–Crippen MR) is 111 cm³/mol. The number of benzene rings is 2. The van der Waals surface area contributed by atoms with Crippen molar-refractivity contribution in [2.45, 2.75) is 6.92 Å². The molecule has 4 heteroatoms. The van der Waals surface area contributed by atoms with Crippen LogP contribution in [-0.4, -0.2) is 15.0 Å². The van der Waals surface area contributed by atoms with E-state index in [1.54, 1.807) is 6.08 Å². The van der Waals surface area contributed by atoms with Crippen LogP contribution in [0.5, 0.6) is 0 Å². The van der Waals surface area contributed by atoms with Gasteiger partial charge in [0, 0.05) is 21.2 Å². The van der Waals surface area contributed by atoms with Crippen molar-refractivity contribution < 1.29 is 0 Å². The normalized spacial score (nSPS) is 11.7.